The third-order valence-corrected chi connectivity index (χ3v) is 3.71. The molecule has 1 fully saturated rings. The molecular weight excluding hydrogens is 274 g/mol. The van der Waals surface area contributed by atoms with E-state index in [9.17, 15) is 0 Å². The Morgan fingerprint density at radius 1 is 1.00 bits per heavy atom. The van der Waals surface area contributed by atoms with Crippen LogP contribution in [0.3, 0.4) is 0 Å². The summed E-state index contributed by atoms with van der Waals surface area (Å²) in [5.41, 5.74) is 9.47. The molecule has 1 aliphatic rings. The van der Waals surface area contributed by atoms with Crippen molar-refractivity contribution in [3.63, 3.8) is 0 Å². The van der Waals surface area contributed by atoms with E-state index in [4.69, 9.17) is 15.2 Å². The molecule has 0 amide bonds. The molecule has 2 rings (SSSR count). The molecule has 1 aromatic carbocycles. The zero-order valence-corrected chi connectivity index (χ0v) is 13.1. The Kier molecular flexibility index (Phi) is 6.13. The lowest BCUT2D eigenvalue weighted by atomic mass is 9.88. The van der Waals surface area contributed by atoms with Gasteiger partial charge in [0.15, 0.2) is 0 Å². The SMILES string of the molecule is C=CCCOc1cc(OCCC=C)cc(C(N)=C2CCC2)c1. The van der Waals surface area contributed by atoms with Crippen LogP contribution in [0.1, 0.15) is 37.7 Å². The molecule has 0 aliphatic heterocycles. The summed E-state index contributed by atoms with van der Waals surface area (Å²) in [4.78, 5) is 0. The van der Waals surface area contributed by atoms with Gasteiger partial charge in [0.2, 0.25) is 0 Å². The van der Waals surface area contributed by atoms with E-state index >= 15 is 0 Å². The van der Waals surface area contributed by atoms with E-state index in [-0.39, 0.29) is 0 Å². The van der Waals surface area contributed by atoms with Crippen molar-refractivity contribution >= 4 is 5.70 Å². The van der Waals surface area contributed by atoms with Crippen LogP contribution < -0.4 is 15.2 Å². The van der Waals surface area contributed by atoms with Crippen molar-refractivity contribution in [2.45, 2.75) is 32.1 Å². The van der Waals surface area contributed by atoms with Crippen LogP contribution >= 0.6 is 0 Å². The zero-order valence-electron chi connectivity index (χ0n) is 13.1. The van der Waals surface area contributed by atoms with Gasteiger partial charge in [-0.1, -0.05) is 12.2 Å². The van der Waals surface area contributed by atoms with Gasteiger partial charge in [-0.3, -0.25) is 0 Å². The van der Waals surface area contributed by atoms with Crippen LogP contribution in [0.15, 0.2) is 49.1 Å². The van der Waals surface area contributed by atoms with E-state index in [1.165, 1.54) is 12.0 Å². The van der Waals surface area contributed by atoms with Gasteiger partial charge in [-0.25, -0.2) is 0 Å². The smallest absolute Gasteiger partial charge is 0.123 e. The second-order valence-corrected chi connectivity index (χ2v) is 5.42. The Balaban J connectivity index is 2.18. The Morgan fingerprint density at radius 2 is 1.55 bits per heavy atom. The minimum atomic E-state index is 0.607. The second-order valence-electron chi connectivity index (χ2n) is 5.42. The summed E-state index contributed by atoms with van der Waals surface area (Å²) in [7, 11) is 0. The van der Waals surface area contributed by atoms with E-state index in [2.05, 4.69) is 13.2 Å². The molecular formula is C19H25NO2. The molecule has 0 bridgehead atoms. The number of hydrogen-bond acceptors (Lipinski definition) is 3. The molecule has 0 aromatic heterocycles. The average molecular weight is 299 g/mol. The average Bonchev–Trinajstić information content (AvgIpc) is 2.46. The van der Waals surface area contributed by atoms with Gasteiger partial charge in [-0.2, -0.15) is 0 Å². The Hall–Kier alpha value is -2.16. The summed E-state index contributed by atoms with van der Waals surface area (Å²) in [6.45, 7) is 8.62. The van der Waals surface area contributed by atoms with Gasteiger partial charge >= 0.3 is 0 Å². The number of allylic oxidation sites excluding steroid dienone is 1. The topological polar surface area (TPSA) is 44.5 Å². The van der Waals surface area contributed by atoms with Gasteiger partial charge in [0.1, 0.15) is 11.5 Å². The van der Waals surface area contributed by atoms with Crippen molar-refractivity contribution in [1.82, 2.24) is 0 Å². The maximum absolute atomic E-state index is 6.28. The first-order valence-corrected chi connectivity index (χ1v) is 7.85. The molecule has 0 radical (unpaired) electrons. The highest BCUT2D eigenvalue weighted by atomic mass is 16.5. The third-order valence-electron chi connectivity index (χ3n) is 3.71. The fourth-order valence-corrected chi connectivity index (χ4v) is 2.24. The lowest BCUT2D eigenvalue weighted by Gasteiger charge is -2.20. The second kappa shape index (κ2) is 8.32. The van der Waals surface area contributed by atoms with Crippen LogP contribution in [-0.2, 0) is 0 Å². The normalized spacial score (nSPS) is 13.2. The highest BCUT2D eigenvalue weighted by molar-refractivity contribution is 5.69. The van der Waals surface area contributed by atoms with E-state index in [1.807, 2.05) is 30.4 Å². The molecule has 3 heteroatoms. The Morgan fingerprint density at radius 3 is 1.95 bits per heavy atom. The minimum absolute atomic E-state index is 0.607. The van der Waals surface area contributed by atoms with E-state index < -0.39 is 0 Å². The summed E-state index contributed by atoms with van der Waals surface area (Å²) >= 11 is 0. The zero-order chi connectivity index (χ0) is 15.8. The monoisotopic (exact) mass is 299 g/mol. The lowest BCUT2D eigenvalue weighted by Crippen LogP contribution is -2.09. The molecule has 118 valence electrons. The van der Waals surface area contributed by atoms with Gasteiger partial charge < -0.3 is 15.2 Å². The summed E-state index contributed by atoms with van der Waals surface area (Å²) in [5, 5.41) is 0. The molecule has 1 aliphatic carbocycles. The largest absolute Gasteiger partial charge is 0.493 e. The molecule has 0 saturated heterocycles. The molecule has 0 atom stereocenters. The van der Waals surface area contributed by atoms with Crippen molar-refractivity contribution in [2.24, 2.45) is 5.73 Å². The molecule has 2 N–H and O–H groups in total. The lowest BCUT2D eigenvalue weighted by molar-refractivity contribution is 0.308. The first kappa shape index (κ1) is 16.2. The van der Waals surface area contributed by atoms with Crippen LogP contribution in [0.25, 0.3) is 5.70 Å². The van der Waals surface area contributed by atoms with Gasteiger partial charge in [-0.05, 0) is 49.8 Å². The maximum atomic E-state index is 6.28. The Bertz CT molecular complexity index is 522. The summed E-state index contributed by atoms with van der Waals surface area (Å²) in [6, 6.07) is 5.89. The van der Waals surface area contributed by atoms with Crippen molar-refractivity contribution in [1.29, 1.82) is 0 Å². The van der Waals surface area contributed by atoms with Crippen molar-refractivity contribution in [2.75, 3.05) is 13.2 Å². The summed E-state index contributed by atoms with van der Waals surface area (Å²) < 4.78 is 11.5. The fourth-order valence-electron chi connectivity index (χ4n) is 2.24. The third kappa shape index (κ3) is 4.42. The number of hydrogen-bond donors (Lipinski definition) is 1. The highest BCUT2D eigenvalue weighted by Crippen LogP contribution is 2.33. The van der Waals surface area contributed by atoms with Crippen LogP contribution in [0.5, 0.6) is 11.5 Å². The maximum Gasteiger partial charge on any atom is 0.123 e. The first-order valence-electron chi connectivity index (χ1n) is 7.85. The van der Waals surface area contributed by atoms with Gasteiger partial charge in [0.05, 0.1) is 13.2 Å². The van der Waals surface area contributed by atoms with E-state index in [0.29, 0.717) is 13.2 Å². The molecule has 1 aromatic rings. The summed E-state index contributed by atoms with van der Waals surface area (Å²) in [6.07, 6.45) is 8.74. The van der Waals surface area contributed by atoms with Crippen LogP contribution in [-0.4, -0.2) is 13.2 Å². The molecule has 0 heterocycles. The molecule has 0 unspecified atom stereocenters. The van der Waals surface area contributed by atoms with Gasteiger partial charge in [-0.15, -0.1) is 13.2 Å². The minimum Gasteiger partial charge on any atom is -0.493 e. The summed E-state index contributed by atoms with van der Waals surface area (Å²) in [5.74, 6) is 1.58. The van der Waals surface area contributed by atoms with Gasteiger partial charge in [0.25, 0.3) is 0 Å². The molecule has 3 nitrogen and oxygen atoms in total. The predicted molar refractivity (Wildman–Crippen MR) is 92.0 cm³/mol. The number of benzene rings is 1. The van der Waals surface area contributed by atoms with E-state index in [0.717, 1.165) is 48.4 Å². The molecule has 0 spiro atoms. The predicted octanol–water partition coefficient (Wildman–Crippen LogP) is 4.45. The fraction of sp³-hybridized carbons (Fsp3) is 0.368. The van der Waals surface area contributed by atoms with Crippen molar-refractivity contribution < 1.29 is 9.47 Å². The van der Waals surface area contributed by atoms with Crippen LogP contribution in [0, 0.1) is 0 Å². The molecule has 1 saturated carbocycles. The van der Waals surface area contributed by atoms with Crippen LogP contribution in [0.2, 0.25) is 0 Å². The highest BCUT2D eigenvalue weighted by Gasteiger charge is 2.15. The molecule has 22 heavy (non-hydrogen) atoms. The standard InChI is InChI=1S/C19H25NO2/c1-3-5-10-21-17-12-16(19(20)15-8-7-9-15)13-18(14-17)22-11-6-4-2/h3-4,12-14H,1-2,5-11,20H2. The quantitative estimate of drug-likeness (QED) is 0.541. The number of nitrogens with two attached hydrogens (primary N) is 1. The Labute approximate surface area is 133 Å². The van der Waals surface area contributed by atoms with Crippen molar-refractivity contribution in [3.8, 4) is 11.5 Å². The van der Waals surface area contributed by atoms with Crippen molar-refractivity contribution in [3.05, 3.63) is 54.6 Å². The van der Waals surface area contributed by atoms with Crippen LogP contribution in [0.4, 0.5) is 0 Å². The number of ether oxygens (including phenoxy) is 2. The number of rotatable bonds is 9. The van der Waals surface area contributed by atoms with E-state index in [1.54, 1.807) is 0 Å². The van der Waals surface area contributed by atoms with Gasteiger partial charge in [0, 0.05) is 17.3 Å². The first-order chi connectivity index (χ1) is 10.7.